The lowest BCUT2D eigenvalue weighted by Crippen LogP contribution is -2.59. The van der Waals surface area contributed by atoms with Crippen molar-refractivity contribution in [3.05, 3.63) is 0 Å². The number of hydrazone groups is 2. The average Bonchev–Trinajstić information content (AvgIpc) is 2.77. The zero-order valence-electron chi connectivity index (χ0n) is 8.85. The summed E-state index contributed by atoms with van der Waals surface area (Å²) in [6.45, 7) is 0. The molecule has 0 aromatic heterocycles. The largest absolute Gasteiger partial charge is 0.274 e. The molecule has 1 saturated carbocycles. The number of hydrazine groups is 1. The molecule has 1 saturated heterocycles. The van der Waals surface area contributed by atoms with E-state index in [0.29, 0.717) is 12.3 Å². The summed E-state index contributed by atoms with van der Waals surface area (Å²) in [6, 6.07) is 0. The lowest BCUT2D eigenvalue weighted by atomic mass is 10.1. The first-order valence-corrected chi connectivity index (χ1v) is 5.38. The molecule has 6 nitrogen and oxygen atoms in total. The highest BCUT2D eigenvalue weighted by atomic mass is 15.8. The van der Waals surface area contributed by atoms with E-state index in [1.165, 1.54) is 6.42 Å². The molecule has 4 rings (SSSR count). The summed E-state index contributed by atoms with van der Waals surface area (Å²) in [5.41, 5.74) is 0. The Bertz CT molecular complexity index is 332. The molecule has 0 amide bonds. The summed E-state index contributed by atoms with van der Waals surface area (Å²) in [5, 5.41) is 17.3. The SMILES string of the molecule is CN1N=CN2C1C1CC1C1N(C)N=CN12. The highest BCUT2D eigenvalue weighted by Crippen LogP contribution is 2.53. The van der Waals surface area contributed by atoms with Gasteiger partial charge in [-0.3, -0.25) is 10.0 Å². The summed E-state index contributed by atoms with van der Waals surface area (Å²) in [5.74, 6) is 1.51. The average molecular weight is 206 g/mol. The maximum absolute atomic E-state index is 4.36. The predicted molar refractivity (Wildman–Crippen MR) is 55.4 cm³/mol. The second kappa shape index (κ2) is 2.20. The van der Waals surface area contributed by atoms with Gasteiger partial charge < -0.3 is 0 Å². The van der Waals surface area contributed by atoms with Gasteiger partial charge in [-0.25, -0.2) is 10.0 Å². The van der Waals surface area contributed by atoms with E-state index in [4.69, 9.17) is 0 Å². The van der Waals surface area contributed by atoms with E-state index < -0.39 is 0 Å². The van der Waals surface area contributed by atoms with E-state index in [2.05, 4.69) is 30.2 Å². The lowest BCUT2D eigenvalue weighted by Gasteiger charge is -2.43. The Morgan fingerprint density at radius 3 is 1.87 bits per heavy atom. The Hall–Kier alpha value is -1.46. The van der Waals surface area contributed by atoms with E-state index in [9.17, 15) is 0 Å². The number of nitrogens with zero attached hydrogens (tertiary/aromatic N) is 6. The molecule has 0 aromatic carbocycles. The fourth-order valence-corrected chi connectivity index (χ4v) is 3.14. The molecule has 2 fully saturated rings. The van der Waals surface area contributed by atoms with E-state index in [0.717, 1.165) is 11.8 Å². The second-order valence-electron chi connectivity index (χ2n) is 4.76. The van der Waals surface area contributed by atoms with Crippen molar-refractivity contribution >= 4 is 12.7 Å². The molecular weight excluding hydrogens is 192 g/mol. The van der Waals surface area contributed by atoms with Crippen molar-refractivity contribution in [2.75, 3.05) is 14.1 Å². The Morgan fingerprint density at radius 1 is 0.933 bits per heavy atom. The van der Waals surface area contributed by atoms with Gasteiger partial charge in [0.25, 0.3) is 0 Å². The number of rotatable bonds is 0. The molecule has 3 aliphatic heterocycles. The topological polar surface area (TPSA) is 37.7 Å². The molecule has 4 aliphatic rings. The monoisotopic (exact) mass is 206 g/mol. The molecular formula is C9H14N6. The molecule has 0 N–H and O–H groups in total. The van der Waals surface area contributed by atoms with Gasteiger partial charge in [0.2, 0.25) is 0 Å². The third kappa shape index (κ3) is 0.770. The van der Waals surface area contributed by atoms with Crippen LogP contribution in [-0.2, 0) is 0 Å². The fraction of sp³-hybridized carbons (Fsp3) is 0.778. The van der Waals surface area contributed by atoms with Gasteiger partial charge in [0.1, 0.15) is 25.0 Å². The van der Waals surface area contributed by atoms with E-state index >= 15 is 0 Å². The summed E-state index contributed by atoms with van der Waals surface area (Å²) in [6.07, 6.45) is 5.96. The highest BCUT2D eigenvalue weighted by molar-refractivity contribution is 5.65. The smallest absolute Gasteiger partial charge is 0.141 e. The third-order valence-electron chi connectivity index (χ3n) is 3.94. The Labute approximate surface area is 88.4 Å². The van der Waals surface area contributed by atoms with Crippen LogP contribution in [0.3, 0.4) is 0 Å². The van der Waals surface area contributed by atoms with Crippen LogP contribution in [0.25, 0.3) is 0 Å². The van der Waals surface area contributed by atoms with Crippen LogP contribution in [0.2, 0.25) is 0 Å². The van der Waals surface area contributed by atoms with Crippen LogP contribution in [0.5, 0.6) is 0 Å². The van der Waals surface area contributed by atoms with Gasteiger partial charge in [-0.15, -0.1) is 0 Å². The minimum absolute atomic E-state index is 0.421. The molecule has 0 bridgehead atoms. The van der Waals surface area contributed by atoms with Gasteiger partial charge in [0.15, 0.2) is 0 Å². The van der Waals surface area contributed by atoms with Crippen LogP contribution in [0.4, 0.5) is 0 Å². The Kier molecular flexibility index (Phi) is 1.14. The summed E-state index contributed by atoms with van der Waals surface area (Å²) >= 11 is 0. The first-order chi connectivity index (χ1) is 7.27. The van der Waals surface area contributed by atoms with Crippen LogP contribution in [0.1, 0.15) is 6.42 Å². The summed E-state index contributed by atoms with van der Waals surface area (Å²) < 4.78 is 0. The molecule has 0 radical (unpaired) electrons. The van der Waals surface area contributed by atoms with Gasteiger partial charge in [-0.05, 0) is 6.42 Å². The van der Waals surface area contributed by atoms with Gasteiger partial charge in [0, 0.05) is 25.9 Å². The highest BCUT2D eigenvalue weighted by Gasteiger charge is 2.61. The molecule has 0 aromatic rings. The van der Waals surface area contributed by atoms with Crippen molar-refractivity contribution in [2.45, 2.75) is 18.8 Å². The minimum Gasteiger partial charge on any atom is -0.274 e. The molecule has 4 unspecified atom stereocenters. The van der Waals surface area contributed by atoms with Crippen molar-refractivity contribution in [3.8, 4) is 0 Å². The number of hydrogen-bond acceptors (Lipinski definition) is 6. The molecule has 80 valence electrons. The zero-order chi connectivity index (χ0) is 10.2. The second-order valence-corrected chi connectivity index (χ2v) is 4.76. The molecule has 4 atom stereocenters. The van der Waals surface area contributed by atoms with Crippen LogP contribution in [0.15, 0.2) is 10.2 Å². The van der Waals surface area contributed by atoms with Crippen LogP contribution < -0.4 is 0 Å². The molecule has 6 heteroatoms. The molecule has 0 spiro atoms. The van der Waals surface area contributed by atoms with Crippen molar-refractivity contribution in [3.63, 3.8) is 0 Å². The summed E-state index contributed by atoms with van der Waals surface area (Å²) in [4.78, 5) is 0. The van der Waals surface area contributed by atoms with Gasteiger partial charge in [0.05, 0.1) is 0 Å². The first-order valence-electron chi connectivity index (χ1n) is 5.38. The summed E-state index contributed by atoms with van der Waals surface area (Å²) in [7, 11) is 4.10. The molecule has 3 heterocycles. The Morgan fingerprint density at radius 2 is 1.40 bits per heavy atom. The molecule has 1 aliphatic carbocycles. The van der Waals surface area contributed by atoms with Crippen LogP contribution >= 0.6 is 0 Å². The normalized spacial score (nSPS) is 44.7. The van der Waals surface area contributed by atoms with Crippen LogP contribution in [-0.4, -0.2) is 59.1 Å². The van der Waals surface area contributed by atoms with E-state index in [1.54, 1.807) is 0 Å². The van der Waals surface area contributed by atoms with Crippen molar-refractivity contribution < 1.29 is 0 Å². The quantitative estimate of drug-likeness (QED) is 0.540. The first kappa shape index (κ1) is 7.78. The third-order valence-corrected chi connectivity index (χ3v) is 3.94. The Balaban J connectivity index is 1.74. The predicted octanol–water partition coefficient (Wildman–Crippen LogP) is -0.415. The van der Waals surface area contributed by atoms with E-state index in [-0.39, 0.29) is 0 Å². The van der Waals surface area contributed by atoms with Gasteiger partial charge in [-0.1, -0.05) is 0 Å². The maximum Gasteiger partial charge on any atom is 0.141 e. The van der Waals surface area contributed by atoms with Crippen molar-refractivity contribution in [1.29, 1.82) is 0 Å². The van der Waals surface area contributed by atoms with Crippen molar-refractivity contribution in [2.24, 2.45) is 22.0 Å². The minimum atomic E-state index is 0.421. The van der Waals surface area contributed by atoms with Gasteiger partial charge >= 0.3 is 0 Å². The fourth-order valence-electron chi connectivity index (χ4n) is 3.14. The van der Waals surface area contributed by atoms with E-state index in [1.807, 2.05) is 26.8 Å². The zero-order valence-corrected chi connectivity index (χ0v) is 8.85. The van der Waals surface area contributed by atoms with Crippen LogP contribution in [0, 0.1) is 11.8 Å². The standard InChI is InChI=1S/C9H14N6/c1-12-8-6-3-7(6)9-13(2)11-5-15(9)14(8)4-10-12/h4-9H,3H2,1-2H3. The number of fused-ring (bicyclic) bond motifs is 6. The van der Waals surface area contributed by atoms with Gasteiger partial charge in [-0.2, -0.15) is 10.2 Å². The molecule has 15 heavy (non-hydrogen) atoms. The lowest BCUT2D eigenvalue weighted by molar-refractivity contribution is -0.0755. The maximum atomic E-state index is 4.36. The number of hydrogen-bond donors (Lipinski definition) is 0. The van der Waals surface area contributed by atoms with Crippen molar-refractivity contribution in [1.82, 2.24) is 20.0 Å².